The summed E-state index contributed by atoms with van der Waals surface area (Å²) in [6, 6.07) is 20.6. The summed E-state index contributed by atoms with van der Waals surface area (Å²) in [7, 11) is 0. The minimum absolute atomic E-state index is 0.0556. The lowest BCUT2D eigenvalue weighted by molar-refractivity contribution is -0.119. The smallest absolute Gasteiger partial charge is 0.235 e. The monoisotopic (exact) mass is 1800 g/mol. The van der Waals surface area contributed by atoms with E-state index in [0.717, 1.165) is 57.7 Å². The Labute approximate surface area is 850 Å². The molecule has 0 bridgehead atoms. The summed E-state index contributed by atoms with van der Waals surface area (Å²) in [5.74, 6) is 257. The molecular formula is C135H52N6O3. The number of nitrogens with two attached hydrogens (primary N) is 3. The van der Waals surface area contributed by atoms with Gasteiger partial charge in [-0.15, -0.1) is 0 Å². The summed E-state index contributed by atoms with van der Waals surface area (Å²) < 4.78 is 0. The summed E-state index contributed by atoms with van der Waals surface area (Å²) in [6.07, 6.45) is 7.94. The molecule has 3 amide bonds. The number of hydrogen-bond donors (Lipinski definition) is 4. The molecule has 7 N–H and O–H groups in total. The third kappa shape index (κ3) is 80.8. The van der Waals surface area contributed by atoms with Crippen molar-refractivity contribution in [3.63, 3.8) is 0 Å². The maximum absolute atomic E-state index is 12.0. The van der Waals surface area contributed by atoms with Gasteiger partial charge >= 0.3 is 0 Å². The van der Waals surface area contributed by atoms with Gasteiger partial charge in [-0.3, -0.25) is 19.3 Å². The highest BCUT2D eigenvalue weighted by Crippen LogP contribution is 2.35. The Balaban J connectivity index is 0.00000145. The fraction of sp³-hybridized carbons (Fsp3) is 0.133. The summed E-state index contributed by atoms with van der Waals surface area (Å²) in [6.45, 7) is 8.45. The number of likely N-dealkylation sites (tertiary alicyclic amines) is 1. The molecule has 2 aromatic carbocycles. The minimum Gasteiger partial charge on any atom is -0.370 e. The van der Waals surface area contributed by atoms with Crippen molar-refractivity contribution in [2.75, 3.05) is 32.7 Å². The summed E-state index contributed by atoms with van der Waals surface area (Å²) >= 11 is 0. The van der Waals surface area contributed by atoms with Crippen LogP contribution in [0.25, 0.3) is 0 Å². The van der Waals surface area contributed by atoms with E-state index >= 15 is 0 Å². The number of piperidine rings is 1. The van der Waals surface area contributed by atoms with E-state index in [-0.39, 0.29) is 24.0 Å². The molecule has 0 aromatic heterocycles. The van der Waals surface area contributed by atoms with Gasteiger partial charge in [0.25, 0.3) is 0 Å². The number of hydrogen-bond acceptors (Lipinski definition) is 6. The molecule has 0 atom stereocenters. The summed E-state index contributed by atoms with van der Waals surface area (Å²) in [5.41, 5.74) is 16.7. The van der Waals surface area contributed by atoms with E-state index in [4.69, 9.17) is 11.5 Å². The molecule has 1 aliphatic carbocycles. The lowest BCUT2D eigenvalue weighted by Crippen LogP contribution is -2.58. The molecule has 2 saturated heterocycles. The normalized spacial score (nSPS) is 7.92. The van der Waals surface area contributed by atoms with Crippen LogP contribution < -0.4 is 22.5 Å². The second kappa shape index (κ2) is 92.0. The Kier molecular flexibility index (Phi) is 73.1. The molecule has 0 unspecified atom stereocenters. The lowest BCUT2D eigenvalue weighted by atomic mass is 9.95. The summed E-state index contributed by atoms with van der Waals surface area (Å²) in [4.78, 5) is 36.8. The molecule has 2 aromatic rings. The molecule has 640 valence electrons. The van der Waals surface area contributed by atoms with Crippen molar-refractivity contribution in [1.82, 2.24) is 15.1 Å². The van der Waals surface area contributed by atoms with Crippen LogP contribution in [0.15, 0.2) is 60.7 Å². The van der Waals surface area contributed by atoms with E-state index in [1.54, 1.807) is 6.92 Å². The van der Waals surface area contributed by atoms with Gasteiger partial charge in [0.2, 0.25) is 17.7 Å². The van der Waals surface area contributed by atoms with Crippen LogP contribution in [-0.2, 0) is 27.3 Å². The first-order valence-electron chi connectivity index (χ1n) is 40.7. The number of nitrogens with zero attached hydrogens (tertiary/aromatic N) is 2. The highest BCUT2D eigenvalue weighted by atomic mass is 16.2. The standard InChI is InChI=1S/C105H8.C18H25N3O.C10H13NO.C2H6N2O/c1-3-5-7-9-11-13-15-17-19-21-23-25-27-29-31-33-35-37-39-41-43-45-47-49-51-53-55-57-59-61-63-65-67-69-71-73-75-77-79-81-83-85-87-89-91-93-95-97-99-101-103-105-104-102-100-98-96-94-92-90-88-86-84-82-80-78-76-74-72-70-68-66-64-62-60-58-56-54-52-50-48-46-44-42-40-38-36-34-32-30-28-26-24-22-20-18-16-14-12-10-8-6-4-2;22-17-14-21(13-15-4-2-1-3-5-15)18(19-17)8-10-20(11-9-18)12-16-6-7-16;11-10(12)8-4-7-9-5-2-1-3-6-9;3-1-2(4)5/h3H2,1-2H3;1-5,16H,6-14H2,(H,19,22);1-3,5-6H,4,7-8H2,(H2,11,12);1,3H2,(H2,4,5). The lowest BCUT2D eigenvalue weighted by Gasteiger charge is -2.44. The minimum atomic E-state index is -0.468. The molecule has 3 fully saturated rings. The SMILES string of the molecule is CC#CC#CC#CC#CC#CC#CC#CC#CC#CC#CC#CC#CC#CC#CC#CC#CC#CC#CC#CC#CC#CC#CC#CC#CC#CC#CC#CC#CC#CC#CC#CC#CC#CC#CC#CC#CC#CC#CC#CC#CC#CC#CC#CC#CC#CC#CC#CC#CC#CC#CC#CCC.NC(=O)CCCc1ccccc1.NCC(N)=O.O=C1CN(Cc2ccccc2)C2(CCN(CC3CC3)CC2)N1. The van der Waals surface area contributed by atoms with Crippen molar-refractivity contribution in [1.29, 1.82) is 0 Å². The number of primary amides is 2. The second-order valence-corrected chi connectivity index (χ2v) is 23.9. The van der Waals surface area contributed by atoms with Crippen LogP contribution in [0, 0.1) is 610 Å². The number of nitrogens with one attached hydrogen (secondary N) is 1. The van der Waals surface area contributed by atoms with Gasteiger partial charge in [-0.1, -0.05) is 79.4 Å². The van der Waals surface area contributed by atoms with E-state index in [0.29, 0.717) is 13.0 Å². The van der Waals surface area contributed by atoms with Crippen LogP contribution in [0.3, 0.4) is 0 Å². The van der Waals surface area contributed by atoms with Crippen LogP contribution in [0.4, 0.5) is 0 Å². The molecule has 5 rings (SSSR count). The molecule has 2 heterocycles. The van der Waals surface area contributed by atoms with E-state index in [1.807, 2.05) is 31.2 Å². The third-order valence-electron chi connectivity index (χ3n) is 13.9. The second-order valence-electron chi connectivity index (χ2n) is 23.9. The quantitative estimate of drug-likeness (QED) is 0.284. The third-order valence-corrected chi connectivity index (χ3v) is 13.9. The maximum Gasteiger partial charge on any atom is 0.235 e. The highest BCUT2D eigenvalue weighted by molar-refractivity contribution is 5.81. The van der Waals surface area contributed by atoms with Crippen molar-refractivity contribution in [3.05, 3.63) is 71.8 Å². The van der Waals surface area contributed by atoms with Crippen molar-refractivity contribution in [2.24, 2.45) is 23.1 Å². The highest BCUT2D eigenvalue weighted by Gasteiger charge is 2.46. The van der Waals surface area contributed by atoms with Gasteiger partial charge in [-0.25, -0.2) is 0 Å². The molecule has 144 heavy (non-hydrogen) atoms. The van der Waals surface area contributed by atoms with E-state index < -0.39 is 5.91 Å². The number of carbonyl (C=O) groups excluding carboxylic acids is 3. The molecule has 9 nitrogen and oxygen atoms in total. The first kappa shape index (κ1) is 114. The van der Waals surface area contributed by atoms with Crippen LogP contribution in [0.5, 0.6) is 0 Å². The molecule has 1 spiro atoms. The Morgan fingerprint density at radius 3 is 0.674 bits per heavy atom. The Bertz CT molecular complexity index is 9110. The van der Waals surface area contributed by atoms with E-state index in [1.165, 1.54) is 30.5 Å². The number of aryl methyl sites for hydroxylation is 1. The zero-order valence-electron chi connectivity index (χ0n) is 76.6. The van der Waals surface area contributed by atoms with Gasteiger partial charge < -0.3 is 27.4 Å². The zero-order valence-corrected chi connectivity index (χ0v) is 76.6. The first-order chi connectivity index (χ1) is 71.2. The van der Waals surface area contributed by atoms with Gasteiger partial charge in [-0.2, -0.15) is 0 Å². The molecule has 2 aliphatic heterocycles. The van der Waals surface area contributed by atoms with Crippen LogP contribution in [0.2, 0.25) is 0 Å². The van der Waals surface area contributed by atoms with Gasteiger partial charge in [0.05, 0.1) is 18.8 Å². The van der Waals surface area contributed by atoms with Crippen LogP contribution in [-0.4, -0.2) is 65.9 Å². The largest absolute Gasteiger partial charge is 0.370 e. The van der Waals surface area contributed by atoms with Crippen LogP contribution in [0.1, 0.15) is 69.9 Å². The van der Waals surface area contributed by atoms with Gasteiger partial charge in [-0.05, 0) is 157 Å². The number of benzene rings is 2. The summed E-state index contributed by atoms with van der Waals surface area (Å²) in [5, 5.41) is 3.29. The van der Waals surface area contributed by atoms with Crippen molar-refractivity contribution < 1.29 is 14.4 Å². The van der Waals surface area contributed by atoms with Crippen molar-refractivity contribution in [3.8, 4) is 604 Å². The predicted octanol–water partition coefficient (Wildman–Crippen LogP) is 3.34. The number of carbonyl (C=O) groups is 3. The number of rotatable bonds is 9. The zero-order chi connectivity index (χ0) is 103. The molecule has 1 saturated carbocycles. The van der Waals surface area contributed by atoms with Gasteiger partial charge in [0.15, 0.2) is 0 Å². The fourth-order valence-corrected chi connectivity index (χ4v) is 8.30. The first-order valence-corrected chi connectivity index (χ1v) is 40.7. The Morgan fingerprint density at radius 2 is 0.493 bits per heavy atom. The van der Waals surface area contributed by atoms with Crippen molar-refractivity contribution in [2.45, 2.75) is 77.4 Å². The van der Waals surface area contributed by atoms with Crippen molar-refractivity contribution >= 4 is 17.7 Å². The van der Waals surface area contributed by atoms with Gasteiger partial charge in [0.1, 0.15) is 0 Å². The average molecular weight is 1810 g/mol. The Morgan fingerprint density at radius 1 is 0.299 bits per heavy atom. The fourth-order valence-electron chi connectivity index (χ4n) is 8.30. The van der Waals surface area contributed by atoms with Gasteiger partial charge in [0, 0.05) is 536 Å². The molecule has 0 radical (unpaired) electrons. The van der Waals surface area contributed by atoms with E-state index in [2.05, 4.69) is 661 Å². The average Bonchev–Trinajstić information content (AvgIpc) is 1.62. The Hall–Kier alpha value is -25.7. The molecular weight excluding hydrogens is 1750 g/mol. The topological polar surface area (TPSA) is 148 Å². The predicted molar refractivity (Wildman–Crippen MR) is 565 cm³/mol. The molecule has 9 heteroatoms. The maximum atomic E-state index is 12.0. The molecule has 3 aliphatic rings. The van der Waals surface area contributed by atoms with Crippen LogP contribution >= 0.6 is 0 Å². The number of amides is 3. The van der Waals surface area contributed by atoms with E-state index in [9.17, 15) is 14.4 Å².